The van der Waals surface area contributed by atoms with Gasteiger partial charge in [-0.1, -0.05) is 13.8 Å². The van der Waals surface area contributed by atoms with Crippen LogP contribution >= 0.6 is 0 Å². The van der Waals surface area contributed by atoms with Gasteiger partial charge < -0.3 is 10.4 Å². The smallest absolute Gasteiger partial charge is 0.326 e. The fourth-order valence-electron chi connectivity index (χ4n) is 1.94. The van der Waals surface area contributed by atoms with Crippen molar-refractivity contribution in [3.63, 3.8) is 0 Å². The highest BCUT2D eigenvalue weighted by Gasteiger charge is 2.23. The van der Waals surface area contributed by atoms with Crippen molar-refractivity contribution in [2.45, 2.75) is 26.3 Å². The van der Waals surface area contributed by atoms with Gasteiger partial charge in [-0.05, 0) is 24.5 Å². The van der Waals surface area contributed by atoms with Gasteiger partial charge in [-0.3, -0.25) is 4.79 Å². The van der Waals surface area contributed by atoms with Gasteiger partial charge >= 0.3 is 5.97 Å². The first kappa shape index (κ1) is 14.0. The van der Waals surface area contributed by atoms with Crippen molar-refractivity contribution in [2.24, 2.45) is 5.92 Å². The summed E-state index contributed by atoms with van der Waals surface area (Å²) in [5.41, 5.74) is 0.854. The highest BCUT2D eigenvalue weighted by molar-refractivity contribution is 6.02. The minimum absolute atomic E-state index is 0.168. The predicted octanol–water partition coefficient (Wildman–Crippen LogP) is 0.958. The van der Waals surface area contributed by atoms with Crippen LogP contribution in [0.15, 0.2) is 24.5 Å². The van der Waals surface area contributed by atoms with Crippen LogP contribution in [-0.4, -0.2) is 37.9 Å². The van der Waals surface area contributed by atoms with Crippen LogP contribution in [0.1, 0.15) is 30.6 Å². The van der Waals surface area contributed by atoms with Crippen LogP contribution in [0.25, 0.3) is 5.52 Å². The second-order valence-corrected chi connectivity index (χ2v) is 4.95. The number of carbonyl (C=O) groups excluding carboxylic acids is 1. The Balaban J connectivity index is 2.20. The number of nitrogens with zero attached hydrogens (tertiary/aromatic N) is 3. The fraction of sp³-hybridized carbons (Fsp3) is 0.385. The third kappa shape index (κ3) is 2.93. The zero-order chi connectivity index (χ0) is 14.7. The van der Waals surface area contributed by atoms with E-state index in [9.17, 15) is 9.59 Å². The van der Waals surface area contributed by atoms with Crippen LogP contribution in [0, 0.1) is 5.92 Å². The summed E-state index contributed by atoms with van der Waals surface area (Å²) in [5, 5.41) is 19.6. The molecule has 2 rings (SSSR count). The lowest BCUT2D eigenvalue weighted by molar-refractivity contribution is -0.139. The highest BCUT2D eigenvalue weighted by atomic mass is 16.4. The van der Waals surface area contributed by atoms with Crippen LogP contribution in [-0.2, 0) is 4.79 Å². The van der Waals surface area contributed by atoms with Crippen molar-refractivity contribution in [3.8, 4) is 0 Å². The quantitative estimate of drug-likeness (QED) is 0.847. The van der Waals surface area contributed by atoms with Gasteiger partial charge in [0.2, 0.25) is 0 Å². The first-order valence-electron chi connectivity index (χ1n) is 6.31. The maximum atomic E-state index is 12.2. The number of rotatable bonds is 5. The van der Waals surface area contributed by atoms with Crippen molar-refractivity contribution in [1.82, 2.24) is 20.1 Å². The molecule has 2 N–H and O–H groups in total. The fourth-order valence-corrected chi connectivity index (χ4v) is 1.94. The number of aliphatic carboxylic acids is 1. The van der Waals surface area contributed by atoms with Crippen LogP contribution in [0.4, 0.5) is 0 Å². The summed E-state index contributed by atoms with van der Waals surface area (Å²) in [6.45, 7) is 3.81. The van der Waals surface area contributed by atoms with E-state index < -0.39 is 17.9 Å². The predicted molar refractivity (Wildman–Crippen MR) is 71.3 cm³/mol. The first-order valence-corrected chi connectivity index (χ1v) is 6.31. The summed E-state index contributed by atoms with van der Waals surface area (Å²) in [6.07, 6.45) is 3.31. The molecule has 7 nitrogen and oxygen atoms in total. The standard InChI is InChI=1S/C13H16N4O3/c1-8(2)6-10(13(19)20)16-12(18)9-7-15-17-11(9)4-3-5-14-17/h3-5,7-8,10H,6H2,1-2H3,(H,16,18)(H,19,20)/t10-/m0/s1. The topological polar surface area (TPSA) is 96.6 Å². The summed E-state index contributed by atoms with van der Waals surface area (Å²) < 4.78 is 1.33. The van der Waals surface area contributed by atoms with Gasteiger partial charge in [0, 0.05) is 6.20 Å². The van der Waals surface area contributed by atoms with E-state index in [0.717, 1.165) is 0 Å². The lowest BCUT2D eigenvalue weighted by Gasteiger charge is -2.15. The van der Waals surface area contributed by atoms with E-state index in [4.69, 9.17) is 5.11 Å². The Labute approximate surface area is 115 Å². The van der Waals surface area contributed by atoms with E-state index in [2.05, 4.69) is 15.5 Å². The van der Waals surface area contributed by atoms with Gasteiger partial charge in [-0.2, -0.15) is 14.8 Å². The molecule has 2 aromatic rings. The second-order valence-electron chi connectivity index (χ2n) is 4.95. The molecule has 106 valence electrons. The zero-order valence-corrected chi connectivity index (χ0v) is 11.3. The first-order chi connectivity index (χ1) is 9.49. The summed E-state index contributed by atoms with van der Waals surface area (Å²) in [6, 6.07) is 2.48. The molecule has 0 saturated carbocycles. The normalized spacial score (nSPS) is 12.6. The van der Waals surface area contributed by atoms with E-state index >= 15 is 0 Å². The van der Waals surface area contributed by atoms with Gasteiger partial charge in [0.25, 0.3) is 5.91 Å². The van der Waals surface area contributed by atoms with E-state index in [1.165, 1.54) is 10.8 Å². The molecule has 0 radical (unpaired) electrons. The van der Waals surface area contributed by atoms with Gasteiger partial charge in [-0.15, -0.1) is 0 Å². The molecule has 0 unspecified atom stereocenters. The molecule has 0 aromatic carbocycles. The van der Waals surface area contributed by atoms with Crippen molar-refractivity contribution in [2.75, 3.05) is 0 Å². The molecule has 0 spiro atoms. The third-order valence-corrected chi connectivity index (χ3v) is 2.86. The van der Waals surface area contributed by atoms with Crippen molar-refractivity contribution >= 4 is 17.4 Å². The second kappa shape index (κ2) is 5.68. The molecule has 7 heteroatoms. The summed E-state index contributed by atoms with van der Waals surface area (Å²) in [7, 11) is 0. The maximum absolute atomic E-state index is 12.2. The number of carboxylic acids is 1. The zero-order valence-electron chi connectivity index (χ0n) is 11.3. The van der Waals surface area contributed by atoms with Crippen LogP contribution < -0.4 is 5.32 Å². The monoisotopic (exact) mass is 276 g/mol. The van der Waals surface area contributed by atoms with Crippen LogP contribution in [0.2, 0.25) is 0 Å². The van der Waals surface area contributed by atoms with E-state index in [1.807, 2.05) is 13.8 Å². The molecule has 0 aliphatic heterocycles. The number of carbonyl (C=O) groups is 2. The van der Waals surface area contributed by atoms with Crippen molar-refractivity contribution < 1.29 is 14.7 Å². The Kier molecular flexibility index (Phi) is 3.97. The summed E-state index contributed by atoms with van der Waals surface area (Å²) >= 11 is 0. The number of aromatic nitrogens is 3. The molecule has 0 fully saturated rings. The molecule has 0 bridgehead atoms. The number of fused-ring (bicyclic) bond motifs is 1. The molecular weight excluding hydrogens is 260 g/mol. The van der Waals surface area contributed by atoms with Crippen molar-refractivity contribution in [1.29, 1.82) is 0 Å². The van der Waals surface area contributed by atoms with E-state index in [-0.39, 0.29) is 5.92 Å². The number of amides is 1. The van der Waals surface area contributed by atoms with Gasteiger partial charge in [0.15, 0.2) is 0 Å². The Morgan fingerprint density at radius 3 is 2.80 bits per heavy atom. The number of hydrogen-bond donors (Lipinski definition) is 2. The molecule has 0 aliphatic rings. The Hall–Kier alpha value is -2.44. The Bertz CT molecular complexity index is 635. The lowest BCUT2D eigenvalue weighted by Crippen LogP contribution is -2.41. The lowest BCUT2D eigenvalue weighted by atomic mass is 10.0. The molecule has 2 aromatic heterocycles. The molecular formula is C13H16N4O3. The van der Waals surface area contributed by atoms with E-state index in [0.29, 0.717) is 17.5 Å². The van der Waals surface area contributed by atoms with Gasteiger partial charge in [-0.25, -0.2) is 4.79 Å². The van der Waals surface area contributed by atoms with E-state index in [1.54, 1.807) is 18.3 Å². The number of carboxylic acid groups (broad SMARTS) is 1. The minimum atomic E-state index is -1.04. The number of nitrogens with one attached hydrogen (secondary N) is 1. The largest absolute Gasteiger partial charge is 0.480 e. The molecule has 0 saturated heterocycles. The average Bonchev–Trinajstić information content (AvgIpc) is 2.81. The minimum Gasteiger partial charge on any atom is -0.480 e. The Morgan fingerprint density at radius 1 is 1.40 bits per heavy atom. The average molecular weight is 276 g/mol. The molecule has 0 aliphatic carbocycles. The summed E-state index contributed by atoms with van der Waals surface area (Å²) in [5.74, 6) is -1.33. The third-order valence-electron chi connectivity index (χ3n) is 2.86. The Morgan fingerprint density at radius 2 is 2.15 bits per heavy atom. The maximum Gasteiger partial charge on any atom is 0.326 e. The molecule has 20 heavy (non-hydrogen) atoms. The number of hydrogen-bond acceptors (Lipinski definition) is 4. The van der Waals surface area contributed by atoms with Crippen LogP contribution in [0.3, 0.4) is 0 Å². The summed E-state index contributed by atoms with van der Waals surface area (Å²) in [4.78, 5) is 23.3. The molecule has 1 atom stereocenters. The van der Waals surface area contributed by atoms with Crippen molar-refractivity contribution in [3.05, 3.63) is 30.1 Å². The highest BCUT2D eigenvalue weighted by Crippen LogP contribution is 2.10. The molecule has 1 amide bonds. The SMILES string of the molecule is CC(C)C[C@H](NC(=O)c1cnn2ncccc12)C(=O)O. The molecule has 2 heterocycles. The van der Waals surface area contributed by atoms with Gasteiger partial charge in [0.1, 0.15) is 11.6 Å². The van der Waals surface area contributed by atoms with Gasteiger partial charge in [0.05, 0.1) is 11.8 Å². The van der Waals surface area contributed by atoms with Crippen LogP contribution in [0.5, 0.6) is 0 Å².